The highest BCUT2D eigenvalue weighted by Gasteiger charge is 2.46. The van der Waals surface area contributed by atoms with Crippen LogP contribution in [0.4, 0.5) is 0 Å². The first kappa shape index (κ1) is 16.9. The maximum atomic E-state index is 11.8. The monoisotopic (exact) mass is 338 g/mol. The highest BCUT2D eigenvalue weighted by Crippen LogP contribution is 2.31. The van der Waals surface area contributed by atoms with Crippen molar-refractivity contribution in [1.82, 2.24) is 9.88 Å². The lowest BCUT2D eigenvalue weighted by molar-refractivity contribution is -0.0948. The molecule has 2 fully saturated rings. The van der Waals surface area contributed by atoms with Gasteiger partial charge in [0.1, 0.15) is 0 Å². The number of morpholine rings is 1. The van der Waals surface area contributed by atoms with Crippen LogP contribution in [-0.2, 0) is 27.5 Å². The summed E-state index contributed by atoms with van der Waals surface area (Å²) < 4.78 is 29.4. The fourth-order valence-corrected chi connectivity index (χ4v) is 5.48. The van der Waals surface area contributed by atoms with Gasteiger partial charge in [-0.05, 0) is 30.4 Å². The van der Waals surface area contributed by atoms with Crippen molar-refractivity contribution in [1.29, 1.82) is 0 Å². The Kier molecular flexibility index (Phi) is 4.76. The molecule has 5 nitrogen and oxygen atoms in total. The standard InChI is InChI=1S/C17H26N2O3S/c1-14(2)9-16-4-3-15(10-18-16)11-19-6-7-22-17(12-19)5-8-23(20,21)13-17/h3-4,10,14H,5-9,11-13H2,1-2H3. The summed E-state index contributed by atoms with van der Waals surface area (Å²) in [6.45, 7) is 7.33. The average molecular weight is 338 g/mol. The quantitative estimate of drug-likeness (QED) is 0.836. The third-order valence-corrected chi connectivity index (χ3v) is 6.38. The molecule has 1 atom stereocenters. The van der Waals surface area contributed by atoms with Crippen molar-refractivity contribution in [3.63, 3.8) is 0 Å². The van der Waals surface area contributed by atoms with Gasteiger partial charge in [0, 0.05) is 31.5 Å². The molecule has 1 unspecified atom stereocenters. The van der Waals surface area contributed by atoms with Gasteiger partial charge in [0.25, 0.3) is 0 Å². The molecule has 0 bridgehead atoms. The number of rotatable bonds is 4. The number of sulfone groups is 1. The highest BCUT2D eigenvalue weighted by atomic mass is 32.2. The van der Waals surface area contributed by atoms with Crippen LogP contribution in [0.1, 0.15) is 31.5 Å². The Balaban J connectivity index is 1.62. The van der Waals surface area contributed by atoms with Crippen LogP contribution >= 0.6 is 0 Å². The average Bonchev–Trinajstić information content (AvgIpc) is 2.75. The van der Waals surface area contributed by atoms with E-state index in [-0.39, 0.29) is 11.5 Å². The van der Waals surface area contributed by atoms with E-state index in [0.717, 1.165) is 25.2 Å². The molecule has 0 radical (unpaired) electrons. The van der Waals surface area contributed by atoms with Gasteiger partial charge in [0.2, 0.25) is 0 Å². The summed E-state index contributed by atoms with van der Waals surface area (Å²) in [5.74, 6) is 1.03. The molecule has 6 heteroatoms. The van der Waals surface area contributed by atoms with E-state index in [1.54, 1.807) is 0 Å². The summed E-state index contributed by atoms with van der Waals surface area (Å²) in [5, 5.41) is 0. The second-order valence-corrected chi connectivity index (χ2v) is 9.52. The second-order valence-electron chi connectivity index (χ2n) is 7.34. The zero-order valence-electron chi connectivity index (χ0n) is 14.0. The van der Waals surface area contributed by atoms with Crippen LogP contribution < -0.4 is 0 Å². The van der Waals surface area contributed by atoms with Gasteiger partial charge in [-0.1, -0.05) is 19.9 Å². The van der Waals surface area contributed by atoms with Crippen molar-refractivity contribution in [2.45, 2.75) is 38.8 Å². The van der Waals surface area contributed by atoms with Crippen LogP contribution in [0.5, 0.6) is 0 Å². The Bertz CT molecular complexity index is 642. The zero-order chi connectivity index (χ0) is 16.5. The molecule has 0 aromatic carbocycles. The molecule has 0 saturated carbocycles. The first-order valence-electron chi connectivity index (χ1n) is 8.36. The molecule has 128 valence electrons. The van der Waals surface area contributed by atoms with Crippen molar-refractivity contribution in [3.8, 4) is 0 Å². The fraction of sp³-hybridized carbons (Fsp3) is 0.706. The van der Waals surface area contributed by atoms with Crippen LogP contribution in [0.3, 0.4) is 0 Å². The van der Waals surface area contributed by atoms with Gasteiger partial charge in [0.05, 0.1) is 23.7 Å². The fourth-order valence-electron chi connectivity index (χ4n) is 3.53. The third-order valence-electron chi connectivity index (χ3n) is 4.59. The van der Waals surface area contributed by atoms with E-state index < -0.39 is 15.4 Å². The normalized spacial score (nSPS) is 27.8. The molecule has 0 N–H and O–H groups in total. The first-order chi connectivity index (χ1) is 10.9. The molecule has 1 aromatic heterocycles. The van der Waals surface area contributed by atoms with E-state index in [4.69, 9.17) is 4.74 Å². The molecular formula is C17H26N2O3S. The van der Waals surface area contributed by atoms with Crippen LogP contribution in [0.15, 0.2) is 18.3 Å². The summed E-state index contributed by atoms with van der Waals surface area (Å²) in [6.07, 6.45) is 3.57. The number of hydrogen-bond donors (Lipinski definition) is 0. The van der Waals surface area contributed by atoms with E-state index in [1.165, 1.54) is 5.56 Å². The Labute approximate surface area is 139 Å². The number of aromatic nitrogens is 1. The Morgan fingerprint density at radius 1 is 1.39 bits per heavy atom. The third kappa shape index (κ3) is 4.31. The van der Waals surface area contributed by atoms with Gasteiger partial charge in [0.15, 0.2) is 9.84 Å². The predicted octanol–water partition coefficient (Wildman–Crippen LogP) is 1.67. The number of pyridine rings is 1. The van der Waals surface area contributed by atoms with Gasteiger partial charge in [-0.3, -0.25) is 9.88 Å². The van der Waals surface area contributed by atoms with Gasteiger partial charge in [-0.25, -0.2) is 8.42 Å². The minimum atomic E-state index is -2.93. The van der Waals surface area contributed by atoms with E-state index >= 15 is 0 Å². The highest BCUT2D eigenvalue weighted by molar-refractivity contribution is 7.91. The van der Waals surface area contributed by atoms with E-state index in [0.29, 0.717) is 25.5 Å². The lowest BCUT2D eigenvalue weighted by atomic mass is 10.0. The van der Waals surface area contributed by atoms with Crippen molar-refractivity contribution in [3.05, 3.63) is 29.6 Å². The van der Waals surface area contributed by atoms with Gasteiger partial charge < -0.3 is 4.74 Å². The minimum Gasteiger partial charge on any atom is -0.371 e. The Morgan fingerprint density at radius 2 is 2.22 bits per heavy atom. The van der Waals surface area contributed by atoms with Crippen LogP contribution in [-0.4, -0.2) is 55.1 Å². The van der Waals surface area contributed by atoms with E-state index in [1.807, 2.05) is 6.20 Å². The molecule has 23 heavy (non-hydrogen) atoms. The molecular weight excluding hydrogens is 312 g/mol. The number of nitrogens with zero attached hydrogens (tertiary/aromatic N) is 2. The Morgan fingerprint density at radius 3 is 2.83 bits per heavy atom. The number of ether oxygens (including phenoxy) is 1. The second kappa shape index (κ2) is 6.49. The molecule has 0 aliphatic carbocycles. The topological polar surface area (TPSA) is 59.5 Å². The van der Waals surface area contributed by atoms with Crippen molar-refractivity contribution in [2.75, 3.05) is 31.2 Å². The summed E-state index contributed by atoms with van der Waals surface area (Å²) in [7, 11) is -2.93. The van der Waals surface area contributed by atoms with Crippen LogP contribution in [0, 0.1) is 5.92 Å². The zero-order valence-corrected chi connectivity index (χ0v) is 14.8. The van der Waals surface area contributed by atoms with Crippen molar-refractivity contribution < 1.29 is 13.2 Å². The SMILES string of the molecule is CC(C)Cc1ccc(CN2CCOC3(CCS(=O)(=O)C3)C2)cn1. The molecule has 2 aliphatic rings. The summed E-state index contributed by atoms with van der Waals surface area (Å²) in [6, 6.07) is 4.24. The van der Waals surface area contributed by atoms with Crippen LogP contribution in [0.2, 0.25) is 0 Å². The Hall–Kier alpha value is -0.980. The molecule has 1 aromatic rings. The first-order valence-corrected chi connectivity index (χ1v) is 10.2. The number of hydrogen-bond acceptors (Lipinski definition) is 5. The summed E-state index contributed by atoms with van der Waals surface area (Å²) in [5.41, 5.74) is 1.82. The van der Waals surface area contributed by atoms with Gasteiger partial charge >= 0.3 is 0 Å². The largest absolute Gasteiger partial charge is 0.371 e. The predicted molar refractivity (Wildman–Crippen MR) is 90.0 cm³/mol. The molecule has 2 aliphatic heterocycles. The van der Waals surface area contributed by atoms with E-state index in [2.05, 4.69) is 35.9 Å². The molecule has 0 amide bonds. The maximum absolute atomic E-state index is 11.8. The molecule has 3 heterocycles. The lowest BCUT2D eigenvalue weighted by Gasteiger charge is -2.39. The van der Waals surface area contributed by atoms with Gasteiger partial charge in [-0.2, -0.15) is 0 Å². The van der Waals surface area contributed by atoms with E-state index in [9.17, 15) is 8.42 Å². The van der Waals surface area contributed by atoms with Crippen molar-refractivity contribution in [2.24, 2.45) is 5.92 Å². The van der Waals surface area contributed by atoms with Crippen molar-refractivity contribution >= 4 is 9.84 Å². The molecule has 1 spiro atoms. The maximum Gasteiger partial charge on any atom is 0.153 e. The summed E-state index contributed by atoms with van der Waals surface area (Å²) >= 11 is 0. The van der Waals surface area contributed by atoms with Gasteiger partial charge in [-0.15, -0.1) is 0 Å². The molecule has 3 rings (SSSR count). The minimum absolute atomic E-state index is 0.169. The smallest absolute Gasteiger partial charge is 0.153 e. The molecule has 2 saturated heterocycles. The van der Waals surface area contributed by atoms with Crippen LogP contribution in [0.25, 0.3) is 0 Å². The lowest BCUT2D eigenvalue weighted by Crippen LogP contribution is -2.52. The summed E-state index contributed by atoms with van der Waals surface area (Å²) in [4.78, 5) is 6.84.